The van der Waals surface area contributed by atoms with E-state index in [1.807, 2.05) is 0 Å². The number of carboxylic acid groups (broad SMARTS) is 1. The van der Waals surface area contributed by atoms with Gasteiger partial charge in [0.25, 0.3) is 0 Å². The highest BCUT2D eigenvalue weighted by Crippen LogP contribution is 2.19. The highest BCUT2D eigenvalue weighted by atomic mass is 79.9. The molecule has 0 bridgehead atoms. The minimum Gasteiger partial charge on any atom is -0.480 e. The van der Waals surface area contributed by atoms with Crippen LogP contribution in [-0.2, 0) is 24.0 Å². The molecule has 0 fully saturated rings. The van der Waals surface area contributed by atoms with Gasteiger partial charge < -0.3 is 9.84 Å². The summed E-state index contributed by atoms with van der Waals surface area (Å²) >= 11 is 3.21. The van der Waals surface area contributed by atoms with Gasteiger partial charge in [-0.1, -0.05) is 15.9 Å². The number of carbonyl (C=O) groups is 3. The van der Waals surface area contributed by atoms with E-state index in [2.05, 4.69) is 15.9 Å². The number of hydroxylamine groups is 2. The number of rotatable bonds is 6. The molecule has 0 aromatic rings. The fourth-order valence-corrected chi connectivity index (χ4v) is 1.89. The van der Waals surface area contributed by atoms with Crippen molar-refractivity contribution in [2.24, 2.45) is 0 Å². The SMILES string of the molecule is CC(C)(C)OC(=O)C(=O)N(OC(C)(C)C)[C@@H](CCCBr)C(=O)O. The normalized spacial score (nSPS) is 13.3. The van der Waals surface area contributed by atoms with Gasteiger partial charge in [0.2, 0.25) is 0 Å². The van der Waals surface area contributed by atoms with Crippen molar-refractivity contribution in [3.05, 3.63) is 0 Å². The van der Waals surface area contributed by atoms with Gasteiger partial charge in [0.1, 0.15) is 5.60 Å². The van der Waals surface area contributed by atoms with Crippen molar-refractivity contribution in [1.29, 1.82) is 0 Å². The number of halogens is 1. The molecule has 1 amide bonds. The number of hydrogen-bond donors (Lipinski definition) is 1. The Morgan fingerprint density at radius 3 is 1.96 bits per heavy atom. The first kappa shape index (κ1) is 21.9. The zero-order valence-corrected chi connectivity index (χ0v) is 16.1. The van der Waals surface area contributed by atoms with Crippen molar-refractivity contribution in [3.8, 4) is 0 Å². The Hall–Kier alpha value is -1.15. The molecule has 0 spiro atoms. The number of amides is 1. The Bertz CT molecular complexity index is 438. The van der Waals surface area contributed by atoms with Gasteiger partial charge in [-0.05, 0) is 54.4 Å². The summed E-state index contributed by atoms with van der Waals surface area (Å²) in [7, 11) is 0. The number of carbonyl (C=O) groups excluding carboxylic acids is 2. The van der Waals surface area contributed by atoms with Crippen LogP contribution in [0.2, 0.25) is 0 Å². The summed E-state index contributed by atoms with van der Waals surface area (Å²) in [5.41, 5.74) is -1.71. The van der Waals surface area contributed by atoms with E-state index in [1.54, 1.807) is 41.5 Å². The molecule has 0 aliphatic heterocycles. The number of carboxylic acids is 1. The fourth-order valence-electron chi connectivity index (χ4n) is 1.56. The summed E-state index contributed by atoms with van der Waals surface area (Å²) in [5, 5.41) is 10.6. The molecule has 0 radical (unpaired) electrons. The third kappa shape index (κ3) is 8.90. The first-order chi connectivity index (χ1) is 10.3. The Kier molecular flexibility index (Phi) is 8.20. The molecule has 0 heterocycles. The average Bonchev–Trinajstić information content (AvgIpc) is 2.33. The number of nitrogens with zero attached hydrogens (tertiary/aromatic N) is 1. The number of alkyl halides is 1. The molecule has 0 aromatic heterocycles. The van der Waals surface area contributed by atoms with Crippen LogP contribution in [0.5, 0.6) is 0 Å². The standard InChI is InChI=1S/C15H26BrNO6/c1-14(2,3)22-13(21)11(18)17(23-15(4,5)6)10(12(19)20)8-7-9-16/h10H,7-9H2,1-6H3,(H,19,20)/t10-/m0/s1. The van der Waals surface area contributed by atoms with Crippen LogP contribution >= 0.6 is 15.9 Å². The van der Waals surface area contributed by atoms with Crippen molar-refractivity contribution in [1.82, 2.24) is 5.06 Å². The second kappa shape index (κ2) is 8.63. The van der Waals surface area contributed by atoms with E-state index >= 15 is 0 Å². The number of aliphatic carboxylic acids is 1. The van der Waals surface area contributed by atoms with Crippen molar-refractivity contribution in [2.75, 3.05) is 5.33 Å². The largest absolute Gasteiger partial charge is 0.480 e. The number of hydrogen-bond acceptors (Lipinski definition) is 5. The maximum Gasteiger partial charge on any atom is 0.399 e. The molecule has 0 unspecified atom stereocenters. The van der Waals surface area contributed by atoms with E-state index in [0.717, 1.165) is 0 Å². The van der Waals surface area contributed by atoms with Gasteiger partial charge >= 0.3 is 17.8 Å². The van der Waals surface area contributed by atoms with Gasteiger partial charge in [0.15, 0.2) is 6.04 Å². The molecule has 7 nitrogen and oxygen atoms in total. The molecule has 0 saturated heterocycles. The third-order valence-electron chi connectivity index (χ3n) is 2.33. The lowest BCUT2D eigenvalue weighted by atomic mass is 10.1. The van der Waals surface area contributed by atoms with E-state index in [1.165, 1.54) is 0 Å². The van der Waals surface area contributed by atoms with Crippen LogP contribution in [0.3, 0.4) is 0 Å². The lowest BCUT2D eigenvalue weighted by Crippen LogP contribution is -2.52. The second-order valence-electron chi connectivity index (χ2n) is 7.02. The zero-order chi connectivity index (χ0) is 18.4. The summed E-state index contributed by atoms with van der Waals surface area (Å²) in [6.45, 7) is 9.83. The lowest BCUT2D eigenvalue weighted by Gasteiger charge is -2.33. The van der Waals surface area contributed by atoms with Crippen LogP contribution in [0, 0.1) is 0 Å². The van der Waals surface area contributed by atoms with E-state index in [-0.39, 0.29) is 6.42 Å². The lowest BCUT2D eigenvalue weighted by molar-refractivity contribution is -0.246. The van der Waals surface area contributed by atoms with Crippen molar-refractivity contribution >= 4 is 33.8 Å². The molecule has 8 heteroatoms. The Balaban J connectivity index is 5.44. The maximum atomic E-state index is 12.4. The molecular weight excluding hydrogens is 370 g/mol. The predicted octanol–water partition coefficient (Wildman–Crippen LogP) is 2.52. The molecule has 0 saturated carbocycles. The third-order valence-corrected chi connectivity index (χ3v) is 2.89. The predicted molar refractivity (Wildman–Crippen MR) is 88.0 cm³/mol. The highest BCUT2D eigenvalue weighted by Gasteiger charge is 2.38. The van der Waals surface area contributed by atoms with Crippen LogP contribution in [0.4, 0.5) is 0 Å². The van der Waals surface area contributed by atoms with Gasteiger partial charge in [-0.15, -0.1) is 0 Å². The Labute approximate surface area is 145 Å². The monoisotopic (exact) mass is 395 g/mol. The molecule has 0 aliphatic carbocycles. The van der Waals surface area contributed by atoms with Gasteiger partial charge in [0, 0.05) is 5.33 Å². The Morgan fingerprint density at radius 2 is 1.61 bits per heavy atom. The van der Waals surface area contributed by atoms with Gasteiger partial charge in [-0.25, -0.2) is 9.59 Å². The zero-order valence-electron chi connectivity index (χ0n) is 14.5. The Morgan fingerprint density at radius 1 is 1.09 bits per heavy atom. The molecule has 0 aliphatic rings. The molecule has 23 heavy (non-hydrogen) atoms. The summed E-state index contributed by atoms with van der Waals surface area (Å²) in [6, 6.07) is -1.27. The second-order valence-corrected chi connectivity index (χ2v) is 7.81. The van der Waals surface area contributed by atoms with Gasteiger partial charge in [-0.3, -0.25) is 9.63 Å². The average molecular weight is 396 g/mol. The molecule has 0 rings (SSSR count). The highest BCUT2D eigenvalue weighted by molar-refractivity contribution is 9.09. The minimum atomic E-state index is -1.27. The van der Waals surface area contributed by atoms with Crippen LogP contribution < -0.4 is 0 Å². The summed E-state index contributed by atoms with van der Waals surface area (Å²) < 4.78 is 5.02. The molecule has 1 N–H and O–H groups in total. The summed E-state index contributed by atoms with van der Waals surface area (Å²) in [6.07, 6.45) is 0.647. The van der Waals surface area contributed by atoms with Crippen LogP contribution in [0.15, 0.2) is 0 Å². The minimum absolute atomic E-state index is 0.144. The van der Waals surface area contributed by atoms with E-state index in [9.17, 15) is 19.5 Å². The maximum absolute atomic E-state index is 12.4. The molecule has 134 valence electrons. The van der Waals surface area contributed by atoms with Gasteiger partial charge in [0.05, 0.1) is 5.60 Å². The van der Waals surface area contributed by atoms with E-state index in [4.69, 9.17) is 9.57 Å². The first-order valence-electron chi connectivity index (χ1n) is 7.33. The van der Waals surface area contributed by atoms with Crippen molar-refractivity contribution < 1.29 is 29.1 Å². The van der Waals surface area contributed by atoms with Gasteiger partial charge in [-0.2, -0.15) is 5.06 Å². The first-order valence-corrected chi connectivity index (χ1v) is 8.45. The molecular formula is C15H26BrNO6. The van der Waals surface area contributed by atoms with E-state index < -0.39 is 35.1 Å². The molecule has 0 aromatic carbocycles. The van der Waals surface area contributed by atoms with Crippen LogP contribution in [0.25, 0.3) is 0 Å². The number of ether oxygens (including phenoxy) is 1. The molecule has 1 atom stereocenters. The van der Waals surface area contributed by atoms with E-state index in [0.29, 0.717) is 16.8 Å². The quantitative estimate of drug-likeness (QED) is 0.321. The van der Waals surface area contributed by atoms with Crippen LogP contribution in [-0.4, -0.2) is 50.6 Å². The smallest absolute Gasteiger partial charge is 0.399 e. The van der Waals surface area contributed by atoms with Crippen molar-refractivity contribution in [3.63, 3.8) is 0 Å². The number of esters is 1. The fraction of sp³-hybridized carbons (Fsp3) is 0.800. The van der Waals surface area contributed by atoms with Crippen LogP contribution in [0.1, 0.15) is 54.4 Å². The summed E-state index contributed by atoms with van der Waals surface area (Å²) in [5.74, 6) is -3.52. The topological polar surface area (TPSA) is 93.1 Å². The summed E-state index contributed by atoms with van der Waals surface area (Å²) in [4.78, 5) is 41.3. The van der Waals surface area contributed by atoms with Crippen molar-refractivity contribution in [2.45, 2.75) is 71.6 Å².